The molecule has 0 N–H and O–H groups in total. The van der Waals surface area contributed by atoms with Gasteiger partial charge in [0, 0.05) is 23.6 Å². The van der Waals surface area contributed by atoms with E-state index in [0.717, 1.165) is 11.1 Å². The smallest absolute Gasteiger partial charge is 0.318 e. The standard InChI is InChI=1S/C9H9ClFN3O4S/c1-18-9-12-3-6(11)8(13-9)14-4-5(2-7(14)15)19(10,16)17/h3,5H,2,4H2,1H3. The highest BCUT2D eigenvalue weighted by Crippen LogP contribution is 2.27. The van der Waals surface area contributed by atoms with Crippen molar-refractivity contribution in [3.63, 3.8) is 0 Å². The van der Waals surface area contributed by atoms with Crippen molar-refractivity contribution in [3.8, 4) is 6.01 Å². The van der Waals surface area contributed by atoms with Crippen molar-refractivity contribution in [2.24, 2.45) is 0 Å². The molecule has 0 radical (unpaired) electrons. The van der Waals surface area contributed by atoms with Gasteiger partial charge in [-0.2, -0.15) is 4.98 Å². The predicted molar refractivity (Wildman–Crippen MR) is 64.1 cm³/mol. The molecule has 2 rings (SSSR count). The molecule has 1 aliphatic heterocycles. The first-order chi connectivity index (χ1) is 8.82. The van der Waals surface area contributed by atoms with Crippen molar-refractivity contribution in [3.05, 3.63) is 12.0 Å². The monoisotopic (exact) mass is 309 g/mol. The lowest BCUT2D eigenvalue weighted by atomic mass is 10.4. The maximum absolute atomic E-state index is 13.6. The third-order valence-corrected chi connectivity index (χ3v) is 4.50. The van der Waals surface area contributed by atoms with Gasteiger partial charge in [-0.1, -0.05) is 0 Å². The number of nitrogens with zero attached hydrogens (tertiary/aromatic N) is 3. The highest BCUT2D eigenvalue weighted by atomic mass is 35.7. The number of ether oxygens (including phenoxy) is 1. The molecule has 10 heteroatoms. The molecule has 0 aliphatic carbocycles. The summed E-state index contributed by atoms with van der Waals surface area (Å²) in [5, 5.41) is -1.08. The molecule has 0 saturated carbocycles. The van der Waals surface area contributed by atoms with Crippen LogP contribution in [0.3, 0.4) is 0 Å². The van der Waals surface area contributed by atoms with Crippen molar-refractivity contribution in [1.82, 2.24) is 9.97 Å². The van der Waals surface area contributed by atoms with Gasteiger partial charge in [-0.05, 0) is 0 Å². The van der Waals surface area contributed by atoms with E-state index in [1.807, 2.05) is 0 Å². The van der Waals surface area contributed by atoms with Crippen LogP contribution in [0.25, 0.3) is 0 Å². The highest BCUT2D eigenvalue weighted by molar-refractivity contribution is 8.14. The average molecular weight is 310 g/mol. The second-order valence-corrected chi connectivity index (χ2v) is 6.74. The van der Waals surface area contributed by atoms with Crippen LogP contribution in [-0.2, 0) is 13.8 Å². The summed E-state index contributed by atoms with van der Waals surface area (Å²) >= 11 is 0. The molecule has 7 nitrogen and oxygen atoms in total. The molecular weight excluding hydrogens is 301 g/mol. The summed E-state index contributed by atoms with van der Waals surface area (Å²) in [6.07, 6.45) is 0.536. The SMILES string of the molecule is COc1ncc(F)c(N2CC(S(=O)(=O)Cl)CC2=O)n1. The number of rotatable bonds is 3. The summed E-state index contributed by atoms with van der Waals surface area (Å²) in [7, 11) is 2.59. The topological polar surface area (TPSA) is 89.5 Å². The van der Waals surface area contributed by atoms with E-state index in [1.54, 1.807) is 0 Å². The largest absolute Gasteiger partial charge is 0.467 e. The molecule has 1 saturated heterocycles. The number of carbonyl (C=O) groups excluding carboxylic acids is 1. The first-order valence-electron chi connectivity index (χ1n) is 5.13. The van der Waals surface area contributed by atoms with Crippen LogP contribution in [0.5, 0.6) is 6.01 Å². The van der Waals surface area contributed by atoms with Crippen LogP contribution in [0, 0.1) is 5.82 Å². The van der Waals surface area contributed by atoms with Gasteiger partial charge in [-0.15, -0.1) is 0 Å². The summed E-state index contributed by atoms with van der Waals surface area (Å²) in [5.74, 6) is -1.74. The molecule has 1 amide bonds. The Hall–Kier alpha value is -1.48. The Labute approximate surface area is 112 Å². The summed E-state index contributed by atoms with van der Waals surface area (Å²) < 4.78 is 40.7. The van der Waals surface area contributed by atoms with E-state index in [1.165, 1.54) is 7.11 Å². The third kappa shape index (κ3) is 2.76. The Morgan fingerprint density at radius 3 is 2.79 bits per heavy atom. The molecular formula is C9H9ClFN3O4S. The van der Waals surface area contributed by atoms with Gasteiger partial charge in [-0.3, -0.25) is 9.69 Å². The lowest BCUT2D eigenvalue weighted by Gasteiger charge is -2.15. The molecule has 1 aliphatic rings. The molecule has 1 unspecified atom stereocenters. The van der Waals surface area contributed by atoms with Gasteiger partial charge in [0.1, 0.15) is 5.25 Å². The zero-order chi connectivity index (χ0) is 14.2. The van der Waals surface area contributed by atoms with Crippen LogP contribution in [0.2, 0.25) is 0 Å². The fourth-order valence-corrected chi connectivity index (χ4v) is 2.73. The zero-order valence-corrected chi connectivity index (χ0v) is 11.3. The lowest BCUT2D eigenvalue weighted by molar-refractivity contribution is -0.117. The Balaban J connectivity index is 2.35. The van der Waals surface area contributed by atoms with Gasteiger partial charge in [0.05, 0.1) is 13.3 Å². The Bertz CT molecular complexity index is 624. The number of halogens is 2. The maximum atomic E-state index is 13.6. The highest BCUT2D eigenvalue weighted by Gasteiger charge is 2.39. The van der Waals surface area contributed by atoms with Crippen molar-refractivity contribution in [2.45, 2.75) is 11.7 Å². The average Bonchev–Trinajstić information content (AvgIpc) is 2.72. The normalized spacial score (nSPS) is 19.8. The van der Waals surface area contributed by atoms with E-state index in [-0.39, 0.29) is 24.8 Å². The molecule has 0 aromatic carbocycles. The van der Waals surface area contributed by atoms with Gasteiger partial charge < -0.3 is 4.74 Å². The van der Waals surface area contributed by atoms with Crippen LogP contribution < -0.4 is 9.64 Å². The number of methoxy groups -OCH3 is 1. The summed E-state index contributed by atoms with van der Waals surface area (Å²) in [6, 6.07) is -0.124. The molecule has 1 fully saturated rings. The van der Waals surface area contributed by atoms with Crippen LogP contribution in [0.4, 0.5) is 10.2 Å². The van der Waals surface area contributed by atoms with Crippen LogP contribution in [-0.4, -0.2) is 43.2 Å². The molecule has 0 bridgehead atoms. The molecule has 19 heavy (non-hydrogen) atoms. The molecule has 0 spiro atoms. The minimum absolute atomic E-state index is 0.124. The number of aromatic nitrogens is 2. The first-order valence-corrected chi connectivity index (χ1v) is 7.50. The number of hydrogen-bond acceptors (Lipinski definition) is 6. The number of carbonyl (C=O) groups is 1. The van der Waals surface area contributed by atoms with E-state index < -0.39 is 26.0 Å². The molecule has 1 aromatic rings. The van der Waals surface area contributed by atoms with Crippen LogP contribution >= 0.6 is 10.7 Å². The van der Waals surface area contributed by atoms with Gasteiger partial charge in [0.2, 0.25) is 15.0 Å². The zero-order valence-electron chi connectivity index (χ0n) is 9.71. The Morgan fingerprint density at radius 2 is 2.26 bits per heavy atom. The predicted octanol–water partition coefficient (Wildman–Crippen LogP) is 0.298. The molecule has 1 atom stereocenters. The van der Waals surface area contributed by atoms with E-state index >= 15 is 0 Å². The second kappa shape index (κ2) is 4.89. The first kappa shape index (κ1) is 13.9. The van der Waals surface area contributed by atoms with E-state index in [9.17, 15) is 17.6 Å². The van der Waals surface area contributed by atoms with E-state index in [0.29, 0.717) is 0 Å². The van der Waals surface area contributed by atoms with Gasteiger partial charge in [0.25, 0.3) is 0 Å². The van der Waals surface area contributed by atoms with Crippen molar-refractivity contribution >= 4 is 31.5 Å². The van der Waals surface area contributed by atoms with E-state index in [2.05, 4.69) is 9.97 Å². The fraction of sp³-hybridized carbons (Fsp3) is 0.444. The second-order valence-electron chi connectivity index (χ2n) is 3.83. The van der Waals surface area contributed by atoms with E-state index in [4.69, 9.17) is 15.4 Å². The minimum atomic E-state index is -3.89. The summed E-state index contributed by atoms with van der Waals surface area (Å²) in [5.41, 5.74) is 0. The number of hydrogen-bond donors (Lipinski definition) is 0. The minimum Gasteiger partial charge on any atom is -0.467 e. The van der Waals surface area contributed by atoms with Gasteiger partial charge in [0.15, 0.2) is 11.6 Å². The summed E-state index contributed by atoms with van der Waals surface area (Å²) in [6.45, 7) is -0.248. The fourth-order valence-electron chi connectivity index (χ4n) is 1.70. The van der Waals surface area contributed by atoms with Gasteiger partial charge >= 0.3 is 6.01 Å². The number of anilines is 1. The Kier molecular flexibility index (Phi) is 3.59. The third-order valence-electron chi connectivity index (χ3n) is 2.63. The quantitative estimate of drug-likeness (QED) is 0.746. The lowest BCUT2D eigenvalue weighted by Crippen LogP contribution is -2.28. The Morgan fingerprint density at radius 1 is 1.58 bits per heavy atom. The molecule has 2 heterocycles. The van der Waals surface area contributed by atoms with Crippen molar-refractivity contribution in [2.75, 3.05) is 18.6 Å². The van der Waals surface area contributed by atoms with Crippen molar-refractivity contribution in [1.29, 1.82) is 0 Å². The maximum Gasteiger partial charge on any atom is 0.318 e. The van der Waals surface area contributed by atoms with Gasteiger partial charge in [-0.25, -0.2) is 17.8 Å². The van der Waals surface area contributed by atoms with Crippen molar-refractivity contribution < 1.29 is 22.3 Å². The summed E-state index contributed by atoms with van der Waals surface area (Å²) in [4.78, 5) is 19.9. The van der Waals surface area contributed by atoms with Crippen LogP contribution in [0.1, 0.15) is 6.42 Å². The molecule has 1 aromatic heterocycles. The molecule has 104 valence electrons. The number of amides is 1. The van der Waals surface area contributed by atoms with Crippen LogP contribution in [0.15, 0.2) is 6.20 Å².